The first kappa shape index (κ1) is 24.4. The van der Waals surface area contributed by atoms with E-state index in [9.17, 15) is 4.79 Å². The van der Waals surface area contributed by atoms with Gasteiger partial charge in [-0.25, -0.2) is 0 Å². The molecule has 2 heterocycles. The Labute approximate surface area is 205 Å². The molecule has 1 N–H and O–H groups in total. The normalized spacial score (nSPS) is 16.5. The lowest BCUT2D eigenvalue weighted by Gasteiger charge is -2.33. The van der Waals surface area contributed by atoms with Crippen LogP contribution in [0.25, 0.3) is 11.4 Å². The second kappa shape index (κ2) is 12.1. The number of hydrogen-bond acceptors (Lipinski definition) is 6. The van der Waals surface area contributed by atoms with Crippen molar-refractivity contribution in [2.45, 2.75) is 44.6 Å². The molecule has 1 aromatic heterocycles. The largest absolute Gasteiger partial charge is 0.374 e. The Bertz CT molecular complexity index is 1070. The number of amides is 1. The lowest BCUT2D eigenvalue weighted by molar-refractivity contribution is -0.119. The topological polar surface area (TPSA) is 72.3 Å². The van der Waals surface area contributed by atoms with E-state index >= 15 is 0 Å². The minimum atomic E-state index is -0.0167. The van der Waals surface area contributed by atoms with Crippen LogP contribution in [0, 0.1) is 6.92 Å². The molecule has 1 atom stereocenters. The van der Waals surface area contributed by atoms with E-state index < -0.39 is 0 Å². The standard InChI is InChI=1S/C26H33N5O2S/c1-3-12-31-25(22-11-7-8-20(2)15-22)28-29-26(31)34-19-24(32)27-16-23-18-30(13-14-33-23)17-21-9-5-4-6-10-21/h4-11,15,23H,3,12-14,16-19H2,1-2H3,(H,27,32). The number of nitrogens with one attached hydrogen (secondary N) is 1. The molecule has 2 aromatic carbocycles. The molecule has 1 saturated heterocycles. The molecule has 1 amide bonds. The van der Waals surface area contributed by atoms with Crippen molar-refractivity contribution < 1.29 is 9.53 Å². The Morgan fingerprint density at radius 1 is 1.18 bits per heavy atom. The van der Waals surface area contributed by atoms with Crippen molar-refractivity contribution in [2.75, 3.05) is 32.0 Å². The van der Waals surface area contributed by atoms with E-state index in [1.807, 2.05) is 12.1 Å². The lowest BCUT2D eigenvalue weighted by atomic mass is 10.1. The highest BCUT2D eigenvalue weighted by molar-refractivity contribution is 7.99. The van der Waals surface area contributed by atoms with Crippen LogP contribution < -0.4 is 5.32 Å². The molecule has 7 nitrogen and oxygen atoms in total. The second-order valence-corrected chi connectivity index (χ2v) is 9.58. The van der Waals surface area contributed by atoms with Gasteiger partial charge >= 0.3 is 0 Å². The zero-order valence-corrected chi connectivity index (χ0v) is 20.8. The molecule has 180 valence electrons. The third kappa shape index (κ3) is 6.68. The predicted molar refractivity (Wildman–Crippen MR) is 136 cm³/mol. The summed E-state index contributed by atoms with van der Waals surface area (Å²) in [5.41, 5.74) is 3.53. The van der Waals surface area contributed by atoms with E-state index in [0.29, 0.717) is 18.9 Å². The maximum Gasteiger partial charge on any atom is 0.230 e. The van der Waals surface area contributed by atoms with Gasteiger partial charge in [-0.05, 0) is 25.0 Å². The van der Waals surface area contributed by atoms with Crippen LogP contribution in [0.3, 0.4) is 0 Å². The molecular weight excluding hydrogens is 446 g/mol. The van der Waals surface area contributed by atoms with Crippen molar-refractivity contribution in [1.29, 1.82) is 0 Å². The zero-order chi connectivity index (χ0) is 23.8. The lowest BCUT2D eigenvalue weighted by Crippen LogP contribution is -2.47. The van der Waals surface area contributed by atoms with Gasteiger partial charge in [0.25, 0.3) is 0 Å². The zero-order valence-electron chi connectivity index (χ0n) is 19.9. The van der Waals surface area contributed by atoms with Crippen LogP contribution in [0.15, 0.2) is 59.8 Å². The number of carbonyl (C=O) groups is 1. The average Bonchev–Trinajstić information content (AvgIpc) is 3.25. The van der Waals surface area contributed by atoms with E-state index in [2.05, 4.69) is 81.3 Å². The summed E-state index contributed by atoms with van der Waals surface area (Å²) in [5, 5.41) is 12.6. The van der Waals surface area contributed by atoms with Crippen LogP contribution in [0.4, 0.5) is 0 Å². The minimum Gasteiger partial charge on any atom is -0.374 e. The number of hydrogen-bond donors (Lipinski definition) is 1. The Morgan fingerprint density at radius 3 is 2.82 bits per heavy atom. The van der Waals surface area contributed by atoms with Gasteiger partial charge in [0.2, 0.25) is 5.91 Å². The fraction of sp³-hybridized carbons (Fsp3) is 0.423. The summed E-state index contributed by atoms with van der Waals surface area (Å²) in [6.45, 7) is 8.84. The van der Waals surface area contributed by atoms with E-state index in [0.717, 1.165) is 49.1 Å². The van der Waals surface area contributed by atoms with Crippen molar-refractivity contribution in [3.8, 4) is 11.4 Å². The van der Waals surface area contributed by atoms with Crippen LogP contribution >= 0.6 is 11.8 Å². The minimum absolute atomic E-state index is 0.00285. The number of thioether (sulfide) groups is 1. The van der Waals surface area contributed by atoms with Crippen molar-refractivity contribution in [3.63, 3.8) is 0 Å². The number of nitrogens with zero attached hydrogens (tertiary/aromatic N) is 4. The summed E-state index contributed by atoms with van der Waals surface area (Å²) >= 11 is 1.43. The van der Waals surface area contributed by atoms with Crippen LogP contribution in [0.5, 0.6) is 0 Å². The maximum absolute atomic E-state index is 12.6. The van der Waals surface area contributed by atoms with Crippen LogP contribution in [0.2, 0.25) is 0 Å². The van der Waals surface area contributed by atoms with E-state index in [-0.39, 0.29) is 12.0 Å². The number of rotatable bonds is 10. The second-order valence-electron chi connectivity index (χ2n) is 8.63. The Kier molecular flexibility index (Phi) is 8.73. The van der Waals surface area contributed by atoms with E-state index in [4.69, 9.17) is 4.74 Å². The van der Waals surface area contributed by atoms with Gasteiger partial charge in [0.15, 0.2) is 11.0 Å². The van der Waals surface area contributed by atoms with Crippen molar-refractivity contribution in [3.05, 3.63) is 65.7 Å². The Hall–Kier alpha value is -2.68. The molecule has 0 radical (unpaired) electrons. The summed E-state index contributed by atoms with van der Waals surface area (Å²) in [6, 6.07) is 18.7. The van der Waals surface area contributed by atoms with Crippen molar-refractivity contribution >= 4 is 17.7 Å². The van der Waals surface area contributed by atoms with Crippen molar-refractivity contribution in [2.24, 2.45) is 0 Å². The predicted octanol–water partition coefficient (Wildman–Crippen LogP) is 3.77. The first-order valence-electron chi connectivity index (χ1n) is 11.9. The summed E-state index contributed by atoms with van der Waals surface area (Å²) in [4.78, 5) is 14.9. The molecule has 0 aliphatic carbocycles. The Morgan fingerprint density at radius 2 is 2.03 bits per heavy atom. The third-order valence-corrected chi connectivity index (χ3v) is 6.74. The molecule has 3 aromatic rings. The smallest absolute Gasteiger partial charge is 0.230 e. The molecule has 1 aliphatic heterocycles. The summed E-state index contributed by atoms with van der Waals surface area (Å²) < 4.78 is 7.99. The molecule has 0 spiro atoms. The van der Waals surface area contributed by atoms with Crippen LogP contribution in [-0.2, 0) is 22.6 Å². The van der Waals surface area contributed by atoms with Crippen LogP contribution in [0.1, 0.15) is 24.5 Å². The number of ether oxygens (including phenoxy) is 1. The molecule has 1 unspecified atom stereocenters. The monoisotopic (exact) mass is 479 g/mol. The van der Waals surface area contributed by atoms with Gasteiger partial charge in [-0.1, -0.05) is 72.8 Å². The van der Waals surface area contributed by atoms with Gasteiger partial charge in [-0.15, -0.1) is 10.2 Å². The van der Waals surface area contributed by atoms with Gasteiger partial charge in [0.05, 0.1) is 18.5 Å². The van der Waals surface area contributed by atoms with Gasteiger partial charge < -0.3 is 14.6 Å². The molecule has 0 saturated carbocycles. The number of carbonyl (C=O) groups excluding carboxylic acids is 1. The van der Waals surface area contributed by atoms with Gasteiger partial charge in [0, 0.05) is 38.3 Å². The molecule has 1 aliphatic rings. The van der Waals surface area contributed by atoms with E-state index in [1.54, 1.807) is 0 Å². The molecule has 8 heteroatoms. The summed E-state index contributed by atoms with van der Waals surface area (Å²) in [5.74, 6) is 1.13. The van der Waals surface area contributed by atoms with Gasteiger partial charge in [-0.3, -0.25) is 9.69 Å². The summed E-state index contributed by atoms with van der Waals surface area (Å²) in [6.07, 6.45) is 0.970. The number of aromatic nitrogens is 3. The quantitative estimate of drug-likeness (QED) is 0.446. The van der Waals surface area contributed by atoms with E-state index in [1.165, 1.54) is 22.9 Å². The van der Waals surface area contributed by atoms with Gasteiger partial charge in [-0.2, -0.15) is 0 Å². The number of morpholine rings is 1. The fourth-order valence-electron chi connectivity index (χ4n) is 4.12. The maximum atomic E-state index is 12.6. The first-order chi connectivity index (χ1) is 16.6. The molecule has 0 bridgehead atoms. The highest BCUT2D eigenvalue weighted by Crippen LogP contribution is 2.25. The van der Waals surface area contributed by atoms with Gasteiger partial charge in [0.1, 0.15) is 0 Å². The molecular formula is C26H33N5O2S. The highest BCUT2D eigenvalue weighted by Gasteiger charge is 2.21. The number of aryl methyl sites for hydroxylation is 1. The molecule has 4 rings (SSSR count). The highest BCUT2D eigenvalue weighted by atomic mass is 32.2. The first-order valence-corrected chi connectivity index (χ1v) is 12.9. The fourth-order valence-corrected chi connectivity index (χ4v) is 4.91. The average molecular weight is 480 g/mol. The van der Waals surface area contributed by atoms with Crippen LogP contribution in [-0.4, -0.2) is 63.7 Å². The number of benzene rings is 2. The SMILES string of the molecule is CCCn1c(SCC(=O)NCC2CN(Cc3ccccc3)CCO2)nnc1-c1cccc(C)c1. The third-order valence-electron chi connectivity index (χ3n) is 5.77. The molecule has 1 fully saturated rings. The van der Waals surface area contributed by atoms with Crippen molar-refractivity contribution in [1.82, 2.24) is 25.0 Å². The Balaban J connectivity index is 1.28. The summed E-state index contributed by atoms with van der Waals surface area (Å²) in [7, 11) is 0. The molecule has 34 heavy (non-hydrogen) atoms.